The third-order valence-electron chi connectivity index (χ3n) is 4.90. The molecule has 1 fully saturated rings. The van der Waals surface area contributed by atoms with E-state index >= 15 is 0 Å². The molecule has 0 aliphatic carbocycles. The Bertz CT molecular complexity index is 1290. The second kappa shape index (κ2) is 6.80. The lowest BCUT2D eigenvalue weighted by Crippen LogP contribution is -2.60. The number of anilines is 1. The van der Waals surface area contributed by atoms with Crippen LogP contribution in [0.15, 0.2) is 46.9 Å². The molecule has 2 heterocycles. The molecule has 3 N–H and O–H groups in total. The van der Waals surface area contributed by atoms with E-state index in [0.717, 1.165) is 10.4 Å². The van der Waals surface area contributed by atoms with Gasteiger partial charge in [-0.1, -0.05) is 12.1 Å². The Balaban J connectivity index is 1.60. The van der Waals surface area contributed by atoms with Gasteiger partial charge in [-0.15, -0.1) is 0 Å². The number of benzene rings is 2. The van der Waals surface area contributed by atoms with Crippen LogP contribution in [0.1, 0.15) is 23.2 Å². The Labute approximate surface area is 171 Å². The minimum atomic E-state index is -3.66. The number of nitrogens with zero attached hydrogens (tertiary/aromatic N) is 2. The number of carbonyl (C=O) groups excluding carboxylic acids is 1. The number of halogens is 1. The number of oxazole rings is 1. The molecule has 1 atom stereocenters. The highest BCUT2D eigenvalue weighted by Gasteiger charge is 2.41. The molecular weight excluding hydrogens is 413 g/mol. The number of sulfonamides is 1. The summed E-state index contributed by atoms with van der Waals surface area (Å²) in [7, 11) is -2.35. The number of carbonyl (C=O) groups is 1. The molecule has 11 heteroatoms. The summed E-state index contributed by atoms with van der Waals surface area (Å²) in [5, 5.41) is 13.5. The highest BCUT2D eigenvalue weighted by Crippen LogP contribution is 2.29. The van der Waals surface area contributed by atoms with Crippen LogP contribution >= 0.6 is 0 Å². The van der Waals surface area contributed by atoms with E-state index in [1.165, 1.54) is 19.2 Å². The molecule has 1 aromatic heterocycles. The van der Waals surface area contributed by atoms with Crippen molar-refractivity contribution in [2.24, 2.45) is 0 Å². The van der Waals surface area contributed by atoms with Crippen LogP contribution in [0.2, 0.25) is 0 Å². The van der Waals surface area contributed by atoms with Crippen molar-refractivity contribution in [3.8, 4) is 0 Å². The summed E-state index contributed by atoms with van der Waals surface area (Å²) in [5.74, 6) is -1.85. The lowest BCUT2D eigenvalue weighted by molar-refractivity contribution is 0.0992. The maximum absolute atomic E-state index is 13.3. The predicted octanol–water partition coefficient (Wildman–Crippen LogP) is 2.23. The van der Waals surface area contributed by atoms with Gasteiger partial charge in [0.05, 0.1) is 11.3 Å². The van der Waals surface area contributed by atoms with Gasteiger partial charge in [-0.05, 0) is 36.8 Å². The Morgan fingerprint density at radius 2 is 2.10 bits per heavy atom. The molecule has 0 bridgehead atoms. The van der Waals surface area contributed by atoms with Gasteiger partial charge in [0.25, 0.3) is 5.89 Å². The molecule has 0 spiro atoms. The van der Waals surface area contributed by atoms with Gasteiger partial charge in [0.15, 0.2) is 5.58 Å². The van der Waals surface area contributed by atoms with Crippen LogP contribution in [-0.4, -0.2) is 42.4 Å². The number of fused-ring (bicyclic) bond motifs is 1. The molecule has 1 aliphatic rings. The number of guanidine groups is 1. The summed E-state index contributed by atoms with van der Waals surface area (Å²) in [5.41, 5.74) is 0.402. The van der Waals surface area contributed by atoms with Crippen molar-refractivity contribution in [3.05, 3.63) is 59.7 Å². The normalized spacial score (nSPS) is 20.8. The SMILES string of the molecule is CN1C(=N)N[C@](C)(c2cccc(NC(=O)c3nc4cc(F)ccc4o3)c2)CS1(=O)=O. The van der Waals surface area contributed by atoms with Crippen molar-refractivity contribution >= 4 is 38.7 Å². The monoisotopic (exact) mass is 431 g/mol. The van der Waals surface area contributed by atoms with E-state index in [2.05, 4.69) is 15.6 Å². The summed E-state index contributed by atoms with van der Waals surface area (Å²) >= 11 is 0. The minimum absolute atomic E-state index is 0.223. The first kappa shape index (κ1) is 19.8. The fourth-order valence-corrected chi connectivity index (χ4v) is 4.74. The Kier molecular flexibility index (Phi) is 4.49. The zero-order chi connectivity index (χ0) is 21.7. The lowest BCUT2D eigenvalue weighted by atomic mass is 9.93. The summed E-state index contributed by atoms with van der Waals surface area (Å²) < 4.78 is 44.3. The van der Waals surface area contributed by atoms with Crippen molar-refractivity contribution < 1.29 is 22.0 Å². The van der Waals surface area contributed by atoms with Crippen molar-refractivity contribution in [1.29, 1.82) is 5.41 Å². The van der Waals surface area contributed by atoms with Gasteiger partial charge >= 0.3 is 5.91 Å². The van der Waals surface area contributed by atoms with Gasteiger partial charge < -0.3 is 15.1 Å². The molecule has 0 radical (unpaired) electrons. The predicted molar refractivity (Wildman–Crippen MR) is 108 cm³/mol. The fourth-order valence-electron chi connectivity index (χ4n) is 3.25. The number of amides is 1. The fraction of sp³-hybridized carbons (Fsp3) is 0.211. The standard InChI is InChI=1S/C19H18FN5O4S/c1-19(10-30(27,28)25(2)18(21)24-19)11-4-3-5-13(8-11)22-16(26)17-23-14-9-12(20)6-7-15(14)29-17/h3-9H,10H2,1-2H3,(H2,21,24)(H,22,26)/t19-/m0/s1. The molecule has 0 saturated carbocycles. The van der Waals surface area contributed by atoms with Gasteiger partial charge in [0.1, 0.15) is 11.3 Å². The third kappa shape index (κ3) is 3.47. The molecular formula is C19H18FN5O4S. The van der Waals surface area contributed by atoms with Crippen LogP contribution in [-0.2, 0) is 15.6 Å². The third-order valence-corrected chi connectivity index (χ3v) is 6.86. The minimum Gasteiger partial charge on any atom is -0.432 e. The Morgan fingerprint density at radius 1 is 1.33 bits per heavy atom. The van der Waals surface area contributed by atoms with Crippen molar-refractivity contribution in [2.75, 3.05) is 18.1 Å². The lowest BCUT2D eigenvalue weighted by Gasteiger charge is -2.40. The van der Waals surface area contributed by atoms with E-state index in [1.807, 2.05) is 0 Å². The van der Waals surface area contributed by atoms with Gasteiger partial charge in [-0.2, -0.15) is 0 Å². The summed E-state index contributed by atoms with van der Waals surface area (Å²) in [6.07, 6.45) is 0. The van der Waals surface area contributed by atoms with Crippen molar-refractivity contribution in [3.63, 3.8) is 0 Å². The Hall–Kier alpha value is -3.47. The maximum atomic E-state index is 13.3. The van der Waals surface area contributed by atoms with Crippen LogP contribution in [0, 0.1) is 11.2 Å². The first-order valence-electron chi connectivity index (χ1n) is 8.89. The Morgan fingerprint density at radius 3 is 2.83 bits per heavy atom. The number of aromatic nitrogens is 1. The highest BCUT2D eigenvalue weighted by molar-refractivity contribution is 7.89. The zero-order valence-electron chi connectivity index (χ0n) is 16.1. The van der Waals surface area contributed by atoms with E-state index in [1.54, 1.807) is 31.2 Å². The van der Waals surface area contributed by atoms with Crippen LogP contribution in [0.25, 0.3) is 11.1 Å². The molecule has 1 amide bonds. The first-order chi connectivity index (χ1) is 14.1. The summed E-state index contributed by atoms with van der Waals surface area (Å²) in [6, 6.07) is 10.4. The summed E-state index contributed by atoms with van der Waals surface area (Å²) in [6.45, 7) is 1.67. The molecule has 4 rings (SSSR count). The zero-order valence-corrected chi connectivity index (χ0v) is 16.9. The number of hydrogen-bond acceptors (Lipinski definition) is 6. The van der Waals surface area contributed by atoms with E-state index in [4.69, 9.17) is 9.83 Å². The molecule has 3 aromatic rings. The van der Waals surface area contributed by atoms with Crippen molar-refractivity contribution in [1.82, 2.24) is 14.6 Å². The first-order valence-corrected chi connectivity index (χ1v) is 10.5. The molecule has 0 unspecified atom stereocenters. The second-order valence-corrected chi connectivity index (χ2v) is 9.20. The average molecular weight is 431 g/mol. The van der Waals surface area contributed by atoms with Crippen LogP contribution in [0.5, 0.6) is 0 Å². The molecule has 1 saturated heterocycles. The van der Waals surface area contributed by atoms with Gasteiger partial charge in [0, 0.05) is 18.8 Å². The van der Waals surface area contributed by atoms with Crippen LogP contribution in [0.4, 0.5) is 10.1 Å². The quantitative estimate of drug-likeness (QED) is 0.583. The topological polar surface area (TPSA) is 128 Å². The average Bonchev–Trinajstić information content (AvgIpc) is 3.09. The van der Waals surface area contributed by atoms with E-state index in [-0.39, 0.29) is 28.7 Å². The van der Waals surface area contributed by atoms with Crippen LogP contribution < -0.4 is 10.6 Å². The smallest absolute Gasteiger partial charge is 0.311 e. The largest absolute Gasteiger partial charge is 0.432 e. The van der Waals surface area contributed by atoms with Gasteiger partial charge in [0.2, 0.25) is 16.0 Å². The van der Waals surface area contributed by atoms with Crippen LogP contribution in [0.3, 0.4) is 0 Å². The number of hydrogen-bond donors (Lipinski definition) is 3. The highest BCUT2D eigenvalue weighted by atomic mass is 32.2. The molecule has 30 heavy (non-hydrogen) atoms. The van der Waals surface area contributed by atoms with E-state index < -0.39 is 27.3 Å². The number of nitrogens with one attached hydrogen (secondary N) is 3. The van der Waals surface area contributed by atoms with Gasteiger partial charge in [-0.3, -0.25) is 10.2 Å². The second-order valence-electron chi connectivity index (χ2n) is 7.20. The van der Waals surface area contributed by atoms with E-state index in [9.17, 15) is 17.6 Å². The molecule has 1 aliphatic heterocycles. The summed E-state index contributed by atoms with van der Waals surface area (Å²) in [4.78, 5) is 16.5. The van der Waals surface area contributed by atoms with E-state index in [0.29, 0.717) is 11.3 Å². The number of rotatable bonds is 3. The van der Waals surface area contributed by atoms with Crippen molar-refractivity contribution in [2.45, 2.75) is 12.5 Å². The molecule has 156 valence electrons. The molecule has 2 aromatic carbocycles. The maximum Gasteiger partial charge on any atom is 0.311 e. The molecule has 9 nitrogen and oxygen atoms in total. The van der Waals surface area contributed by atoms with Gasteiger partial charge in [-0.25, -0.2) is 22.1 Å².